The number of ether oxygens (including phenoxy) is 1. The maximum absolute atomic E-state index is 13.9. The molecule has 0 saturated carbocycles. The van der Waals surface area contributed by atoms with Gasteiger partial charge in [-0.3, -0.25) is 14.6 Å². The molecule has 36 heavy (non-hydrogen) atoms. The quantitative estimate of drug-likeness (QED) is 0.587. The number of para-hydroxylation sites is 1. The van der Waals surface area contributed by atoms with Gasteiger partial charge >= 0.3 is 0 Å². The van der Waals surface area contributed by atoms with Gasteiger partial charge in [-0.25, -0.2) is 0 Å². The van der Waals surface area contributed by atoms with Crippen LogP contribution in [-0.4, -0.2) is 54.4 Å². The zero-order chi connectivity index (χ0) is 24.9. The van der Waals surface area contributed by atoms with Crippen LogP contribution in [0.5, 0.6) is 0 Å². The Balaban J connectivity index is 1.46. The fourth-order valence-electron chi connectivity index (χ4n) is 5.24. The van der Waals surface area contributed by atoms with Crippen LogP contribution in [0.15, 0.2) is 48.5 Å². The van der Waals surface area contributed by atoms with Crippen LogP contribution in [0.2, 0.25) is 0 Å². The molecule has 1 fully saturated rings. The lowest BCUT2D eigenvalue weighted by atomic mass is 9.83. The predicted molar refractivity (Wildman–Crippen MR) is 138 cm³/mol. The third-order valence-corrected chi connectivity index (χ3v) is 7.17. The zero-order valence-electron chi connectivity index (χ0n) is 20.3. The predicted octanol–water partition coefficient (Wildman–Crippen LogP) is 4.15. The molecule has 3 aromatic rings. The van der Waals surface area contributed by atoms with Gasteiger partial charge in [0.25, 0.3) is 5.91 Å². The van der Waals surface area contributed by atoms with E-state index in [0.717, 1.165) is 53.5 Å². The summed E-state index contributed by atoms with van der Waals surface area (Å²) in [6.45, 7) is 2.40. The minimum absolute atomic E-state index is 0.00589. The molecule has 5 rings (SSSR count). The molecule has 2 heterocycles. The van der Waals surface area contributed by atoms with Gasteiger partial charge in [0.2, 0.25) is 0 Å². The number of amides is 1. The average Bonchev–Trinajstić information content (AvgIpc) is 2.91. The molecule has 0 spiro atoms. The maximum atomic E-state index is 13.9. The van der Waals surface area contributed by atoms with E-state index in [0.29, 0.717) is 43.9 Å². The molecule has 184 valence electrons. The highest BCUT2D eigenvalue weighted by Gasteiger charge is 2.30. The Morgan fingerprint density at radius 1 is 1.11 bits per heavy atom. The van der Waals surface area contributed by atoms with Crippen LogP contribution in [0.3, 0.4) is 0 Å². The molecule has 2 aromatic carbocycles. The van der Waals surface area contributed by atoms with Gasteiger partial charge in [0.05, 0.1) is 42.5 Å². The smallest absolute Gasteiger partial charge is 0.255 e. The van der Waals surface area contributed by atoms with Crippen molar-refractivity contribution in [3.63, 3.8) is 0 Å². The second-order valence-corrected chi connectivity index (χ2v) is 9.49. The van der Waals surface area contributed by atoms with Crippen molar-refractivity contribution < 1.29 is 14.3 Å². The van der Waals surface area contributed by atoms with Gasteiger partial charge < -0.3 is 15.0 Å². The summed E-state index contributed by atoms with van der Waals surface area (Å²) in [7, 11) is 0. The van der Waals surface area contributed by atoms with Crippen LogP contribution in [0.1, 0.15) is 46.4 Å². The second kappa shape index (κ2) is 10.9. The number of anilines is 1. The number of benzene rings is 2. The van der Waals surface area contributed by atoms with E-state index in [1.54, 1.807) is 18.2 Å². The average molecular weight is 483 g/mol. The first kappa shape index (κ1) is 24.0. The van der Waals surface area contributed by atoms with Crippen LogP contribution >= 0.6 is 0 Å². The van der Waals surface area contributed by atoms with E-state index < -0.39 is 0 Å². The van der Waals surface area contributed by atoms with Crippen LogP contribution in [0.4, 0.5) is 5.69 Å². The van der Waals surface area contributed by atoms with E-state index >= 15 is 0 Å². The van der Waals surface area contributed by atoms with Gasteiger partial charge in [-0.1, -0.05) is 30.7 Å². The molecule has 0 bridgehead atoms. The van der Waals surface area contributed by atoms with Crippen LogP contribution in [-0.2, 0) is 22.4 Å². The third kappa shape index (κ3) is 5.09. The first-order valence-electron chi connectivity index (χ1n) is 12.7. The van der Waals surface area contributed by atoms with Gasteiger partial charge in [-0.2, -0.15) is 5.26 Å². The van der Waals surface area contributed by atoms with Crippen LogP contribution in [0.25, 0.3) is 10.9 Å². The highest BCUT2D eigenvalue weighted by Crippen LogP contribution is 2.32. The largest absolute Gasteiger partial charge is 0.378 e. The Bertz CT molecular complexity index is 1320. The summed E-state index contributed by atoms with van der Waals surface area (Å²) in [6.07, 6.45) is 3.99. The summed E-state index contributed by atoms with van der Waals surface area (Å²) in [5, 5.41) is 13.2. The molecule has 1 aromatic heterocycles. The van der Waals surface area contributed by atoms with E-state index in [9.17, 15) is 9.59 Å². The number of nitrogens with zero attached hydrogens (tertiary/aromatic N) is 3. The van der Waals surface area contributed by atoms with E-state index in [4.69, 9.17) is 15.0 Å². The summed E-state index contributed by atoms with van der Waals surface area (Å²) >= 11 is 0. The first-order chi connectivity index (χ1) is 17.6. The van der Waals surface area contributed by atoms with Crippen molar-refractivity contribution in [3.05, 3.63) is 70.9 Å². The third-order valence-electron chi connectivity index (χ3n) is 7.17. The van der Waals surface area contributed by atoms with E-state index in [1.807, 2.05) is 35.2 Å². The number of rotatable bonds is 5. The number of ketones is 1. The fourth-order valence-corrected chi connectivity index (χ4v) is 5.24. The lowest BCUT2D eigenvalue weighted by Gasteiger charge is -2.30. The molecule has 7 nitrogen and oxygen atoms in total. The van der Waals surface area contributed by atoms with E-state index in [-0.39, 0.29) is 24.2 Å². The summed E-state index contributed by atoms with van der Waals surface area (Å²) < 4.78 is 5.47. The first-order valence-corrected chi connectivity index (χ1v) is 12.7. The Hall–Kier alpha value is -3.76. The number of morpholine rings is 1. The standard InChI is InChI=1S/C29H30N4O3/c30-18-20-6-5-8-22(16-20)31-19-27(34)21-7-1-3-11-26-24(17-21)28(23-9-2-4-10-25(23)32-26)29(35)33-12-14-36-15-13-33/h2,4-6,8-10,16,21,31H,1,3,7,11-15,17,19H2. The van der Waals surface area contributed by atoms with Crippen molar-refractivity contribution in [3.8, 4) is 6.07 Å². The number of aryl methyl sites for hydroxylation is 1. The molecule has 2 aliphatic rings. The molecule has 7 heteroatoms. The molecule has 1 amide bonds. The minimum Gasteiger partial charge on any atom is -0.378 e. The molecule has 1 unspecified atom stereocenters. The van der Waals surface area contributed by atoms with E-state index in [1.165, 1.54) is 0 Å². The van der Waals surface area contributed by atoms with Crippen molar-refractivity contribution in [1.29, 1.82) is 5.26 Å². The van der Waals surface area contributed by atoms with Crippen molar-refractivity contribution in [2.75, 3.05) is 38.2 Å². The number of pyridine rings is 1. The van der Waals surface area contributed by atoms with Crippen molar-refractivity contribution >= 4 is 28.3 Å². The number of fused-ring (bicyclic) bond motifs is 2. The number of hydrogen-bond donors (Lipinski definition) is 1. The Labute approximate surface area is 211 Å². The molecule has 1 N–H and O–H groups in total. The second-order valence-electron chi connectivity index (χ2n) is 9.49. The summed E-state index contributed by atoms with van der Waals surface area (Å²) in [5.41, 5.74) is 4.70. The van der Waals surface area contributed by atoms with Crippen LogP contribution < -0.4 is 5.32 Å². The lowest BCUT2D eigenvalue weighted by Crippen LogP contribution is -2.41. The van der Waals surface area contributed by atoms with Crippen molar-refractivity contribution in [2.45, 2.75) is 32.1 Å². The topological polar surface area (TPSA) is 95.3 Å². The summed E-state index contributed by atoms with van der Waals surface area (Å²) in [4.78, 5) is 34.1. The number of carbonyl (C=O) groups is 2. The Morgan fingerprint density at radius 2 is 1.94 bits per heavy atom. The number of Topliss-reactive ketones (excluding diaryl/α,β-unsaturated/α-hetero) is 1. The molecular weight excluding hydrogens is 452 g/mol. The lowest BCUT2D eigenvalue weighted by molar-refractivity contribution is -0.121. The summed E-state index contributed by atoms with van der Waals surface area (Å²) in [5.74, 6) is -0.0793. The normalized spacial score (nSPS) is 18.0. The highest BCUT2D eigenvalue weighted by atomic mass is 16.5. The van der Waals surface area contributed by atoms with Crippen LogP contribution in [0, 0.1) is 17.2 Å². The van der Waals surface area contributed by atoms with Gasteiger partial charge in [-0.15, -0.1) is 0 Å². The number of hydrogen-bond acceptors (Lipinski definition) is 6. The molecule has 1 aliphatic carbocycles. The number of aromatic nitrogens is 1. The Kier molecular flexibility index (Phi) is 7.24. The number of nitriles is 1. The summed E-state index contributed by atoms with van der Waals surface area (Å²) in [6, 6.07) is 17.1. The van der Waals surface area contributed by atoms with Gasteiger partial charge in [-0.05, 0) is 55.5 Å². The van der Waals surface area contributed by atoms with Crippen molar-refractivity contribution in [1.82, 2.24) is 9.88 Å². The Morgan fingerprint density at radius 3 is 2.78 bits per heavy atom. The molecule has 0 radical (unpaired) electrons. The minimum atomic E-state index is -0.199. The van der Waals surface area contributed by atoms with Gasteiger partial charge in [0, 0.05) is 35.8 Å². The molecular formula is C29H30N4O3. The van der Waals surface area contributed by atoms with E-state index in [2.05, 4.69) is 11.4 Å². The fraction of sp³-hybridized carbons (Fsp3) is 0.379. The monoisotopic (exact) mass is 482 g/mol. The zero-order valence-corrected chi connectivity index (χ0v) is 20.3. The number of nitrogens with one attached hydrogen (secondary N) is 1. The molecule has 1 aliphatic heterocycles. The highest BCUT2D eigenvalue weighted by molar-refractivity contribution is 6.08. The molecule has 1 saturated heterocycles. The van der Waals surface area contributed by atoms with Gasteiger partial charge in [0.15, 0.2) is 5.78 Å². The van der Waals surface area contributed by atoms with Gasteiger partial charge in [0.1, 0.15) is 0 Å². The SMILES string of the molecule is N#Cc1cccc(NCC(=O)C2CCCCc3nc4ccccc4c(C(=O)N4CCOCC4)c3C2)c1. The van der Waals surface area contributed by atoms with Crippen molar-refractivity contribution in [2.24, 2.45) is 5.92 Å². The molecule has 1 atom stereocenters. The maximum Gasteiger partial charge on any atom is 0.255 e. The number of carbonyl (C=O) groups excluding carboxylic acids is 2.